The number of amides is 5. The molecule has 0 radical (unpaired) electrons. The Labute approximate surface area is 154 Å². The highest BCUT2D eigenvalue weighted by Gasteiger charge is 2.43. The molecule has 140 valence electrons. The van der Waals surface area contributed by atoms with Crippen molar-refractivity contribution in [1.82, 2.24) is 16.0 Å². The Hall–Kier alpha value is -3.62. The minimum Gasteiger partial charge on any atom is -0.472 e. The second-order valence-corrected chi connectivity index (χ2v) is 6.31. The third-order valence-corrected chi connectivity index (χ3v) is 4.30. The Morgan fingerprint density at radius 3 is 2.41 bits per heavy atom. The van der Waals surface area contributed by atoms with Crippen LogP contribution in [0.15, 0.2) is 47.3 Å². The second kappa shape index (κ2) is 6.94. The number of furan rings is 1. The van der Waals surface area contributed by atoms with Crippen molar-refractivity contribution in [3.8, 4) is 0 Å². The van der Waals surface area contributed by atoms with E-state index < -0.39 is 35.3 Å². The van der Waals surface area contributed by atoms with E-state index in [9.17, 15) is 19.2 Å². The number of hydrogen-bond donors (Lipinski definition) is 4. The lowest BCUT2D eigenvalue weighted by Crippen LogP contribution is -2.41. The Morgan fingerprint density at radius 1 is 1.15 bits per heavy atom. The molecule has 2 aromatic rings. The number of nitrogens with one attached hydrogen (secondary N) is 4. The van der Waals surface area contributed by atoms with Crippen molar-refractivity contribution < 1.29 is 23.6 Å². The molecule has 9 nitrogen and oxygen atoms in total. The Balaban J connectivity index is 1.62. The third-order valence-electron chi connectivity index (χ3n) is 4.30. The SMILES string of the molecule is C[C@@H](NC(=O)c1ccoc1)C(=O)Nc1ccc([C@]2(C)NC(=O)NC2=O)cc1. The summed E-state index contributed by atoms with van der Waals surface area (Å²) in [4.78, 5) is 47.5. The summed E-state index contributed by atoms with van der Waals surface area (Å²) in [7, 11) is 0. The lowest BCUT2D eigenvalue weighted by atomic mass is 9.92. The zero-order chi connectivity index (χ0) is 19.6. The van der Waals surface area contributed by atoms with Gasteiger partial charge in [-0.2, -0.15) is 0 Å². The molecule has 0 bridgehead atoms. The van der Waals surface area contributed by atoms with Gasteiger partial charge in [0, 0.05) is 5.69 Å². The maximum absolute atomic E-state index is 12.2. The lowest BCUT2D eigenvalue weighted by molar-refractivity contribution is -0.123. The largest absolute Gasteiger partial charge is 0.472 e. The van der Waals surface area contributed by atoms with Crippen LogP contribution in [0.3, 0.4) is 0 Å². The molecule has 5 amide bonds. The molecular weight excluding hydrogens is 352 g/mol. The number of benzene rings is 1. The van der Waals surface area contributed by atoms with Gasteiger partial charge in [0.2, 0.25) is 5.91 Å². The van der Waals surface area contributed by atoms with Crippen molar-refractivity contribution >= 4 is 29.4 Å². The molecule has 4 N–H and O–H groups in total. The molecule has 2 heterocycles. The highest BCUT2D eigenvalue weighted by molar-refractivity contribution is 6.07. The van der Waals surface area contributed by atoms with Crippen molar-refractivity contribution in [2.24, 2.45) is 0 Å². The second-order valence-electron chi connectivity index (χ2n) is 6.31. The number of carbonyl (C=O) groups is 4. The normalized spacial score (nSPS) is 19.8. The Morgan fingerprint density at radius 2 is 1.85 bits per heavy atom. The van der Waals surface area contributed by atoms with Gasteiger partial charge in [-0.3, -0.25) is 19.7 Å². The summed E-state index contributed by atoms with van der Waals surface area (Å²) in [5.74, 6) is -1.27. The van der Waals surface area contributed by atoms with E-state index >= 15 is 0 Å². The number of hydrogen-bond acceptors (Lipinski definition) is 5. The first-order valence-electron chi connectivity index (χ1n) is 8.17. The van der Waals surface area contributed by atoms with Gasteiger partial charge in [0.15, 0.2) is 0 Å². The van der Waals surface area contributed by atoms with Crippen LogP contribution in [-0.4, -0.2) is 29.8 Å². The van der Waals surface area contributed by atoms with Crippen molar-refractivity contribution in [3.63, 3.8) is 0 Å². The molecule has 3 rings (SSSR count). The Kier molecular flexibility index (Phi) is 4.68. The van der Waals surface area contributed by atoms with Crippen LogP contribution in [0.2, 0.25) is 0 Å². The van der Waals surface area contributed by atoms with Gasteiger partial charge in [-0.25, -0.2) is 4.79 Å². The quantitative estimate of drug-likeness (QED) is 0.586. The van der Waals surface area contributed by atoms with E-state index in [1.54, 1.807) is 38.1 Å². The smallest absolute Gasteiger partial charge is 0.322 e. The number of carbonyl (C=O) groups excluding carboxylic acids is 4. The first kappa shape index (κ1) is 18.2. The van der Waals surface area contributed by atoms with Crippen LogP contribution in [-0.2, 0) is 15.1 Å². The molecular formula is C18H18N4O5. The average molecular weight is 370 g/mol. The summed E-state index contributed by atoms with van der Waals surface area (Å²) in [6.45, 7) is 3.15. The van der Waals surface area contributed by atoms with Gasteiger partial charge >= 0.3 is 6.03 Å². The highest BCUT2D eigenvalue weighted by atomic mass is 16.3. The van der Waals surface area contributed by atoms with Crippen LogP contribution < -0.4 is 21.3 Å². The molecule has 0 aliphatic carbocycles. The van der Waals surface area contributed by atoms with Gasteiger partial charge in [0.1, 0.15) is 17.8 Å². The zero-order valence-corrected chi connectivity index (χ0v) is 14.7. The summed E-state index contributed by atoms with van der Waals surface area (Å²) in [5.41, 5.74) is 0.224. The molecule has 2 atom stereocenters. The van der Waals surface area contributed by atoms with Crippen LogP contribution in [0.1, 0.15) is 29.8 Å². The molecule has 1 saturated heterocycles. The average Bonchev–Trinajstić information content (AvgIpc) is 3.24. The number of anilines is 1. The molecule has 1 aromatic carbocycles. The monoisotopic (exact) mass is 370 g/mol. The summed E-state index contributed by atoms with van der Waals surface area (Å²) in [6, 6.07) is 6.66. The topological polar surface area (TPSA) is 130 Å². The molecule has 1 aromatic heterocycles. The van der Waals surface area contributed by atoms with Gasteiger partial charge in [-0.1, -0.05) is 12.1 Å². The molecule has 0 saturated carbocycles. The standard InChI is InChI=1S/C18H18N4O5/c1-10(19-15(24)11-7-8-27-9-11)14(23)20-13-5-3-12(4-6-13)18(2)16(25)21-17(26)22-18/h3-10H,1-2H3,(H,19,24)(H,20,23)(H2,21,22,25,26)/t10-,18+/m1/s1. The minimum atomic E-state index is -1.16. The number of rotatable bonds is 5. The van der Waals surface area contributed by atoms with E-state index in [-0.39, 0.29) is 0 Å². The van der Waals surface area contributed by atoms with Gasteiger partial charge in [-0.15, -0.1) is 0 Å². The molecule has 27 heavy (non-hydrogen) atoms. The fourth-order valence-corrected chi connectivity index (χ4v) is 2.62. The van der Waals surface area contributed by atoms with Gasteiger partial charge < -0.3 is 20.4 Å². The maximum Gasteiger partial charge on any atom is 0.322 e. The summed E-state index contributed by atoms with van der Waals surface area (Å²) in [6.07, 6.45) is 2.66. The molecule has 0 spiro atoms. The fraction of sp³-hybridized carbons (Fsp3) is 0.222. The first-order valence-corrected chi connectivity index (χ1v) is 8.17. The third kappa shape index (κ3) is 3.66. The summed E-state index contributed by atoms with van der Waals surface area (Å²) >= 11 is 0. The summed E-state index contributed by atoms with van der Waals surface area (Å²) in [5, 5.41) is 10.0. The van der Waals surface area contributed by atoms with E-state index in [4.69, 9.17) is 4.42 Å². The number of imide groups is 1. The van der Waals surface area contributed by atoms with E-state index in [0.29, 0.717) is 16.8 Å². The first-order chi connectivity index (χ1) is 12.8. The van der Waals surface area contributed by atoms with Crippen LogP contribution in [0, 0.1) is 0 Å². The zero-order valence-electron chi connectivity index (χ0n) is 14.7. The van der Waals surface area contributed by atoms with Crippen LogP contribution in [0.4, 0.5) is 10.5 Å². The van der Waals surface area contributed by atoms with E-state index in [2.05, 4.69) is 21.3 Å². The van der Waals surface area contributed by atoms with Crippen molar-refractivity contribution in [3.05, 3.63) is 54.0 Å². The predicted molar refractivity (Wildman–Crippen MR) is 94.7 cm³/mol. The molecule has 0 unspecified atom stereocenters. The maximum atomic E-state index is 12.2. The van der Waals surface area contributed by atoms with E-state index in [0.717, 1.165) is 0 Å². The van der Waals surface area contributed by atoms with Crippen molar-refractivity contribution in [1.29, 1.82) is 0 Å². The highest BCUT2D eigenvalue weighted by Crippen LogP contribution is 2.25. The number of urea groups is 1. The fourth-order valence-electron chi connectivity index (χ4n) is 2.62. The van der Waals surface area contributed by atoms with E-state index in [1.807, 2.05) is 0 Å². The molecule has 9 heteroatoms. The van der Waals surface area contributed by atoms with Gasteiger partial charge in [-0.05, 0) is 37.6 Å². The van der Waals surface area contributed by atoms with Crippen molar-refractivity contribution in [2.75, 3.05) is 5.32 Å². The van der Waals surface area contributed by atoms with Crippen LogP contribution >= 0.6 is 0 Å². The lowest BCUT2D eigenvalue weighted by Gasteiger charge is -2.21. The van der Waals surface area contributed by atoms with Crippen LogP contribution in [0.5, 0.6) is 0 Å². The minimum absolute atomic E-state index is 0.323. The molecule has 1 aliphatic rings. The molecule has 1 aliphatic heterocycles. The summed E-state index contributed by atoms with van der Waals surface area (Å²) < 4.78 is 4.83. The van der Waals surface area contributed by atoms with Gasteiger partial charge in [0.25, 0.3) is 11.8 Å². The Bertz CT molecular complexity index is 891. The predicted octanol–water partition coefficient (Wildman–Crippen LogP) is 1.09. The van der Waals surface area contributed by atoms with Crippen LogP contribution in [0.25, 0.3) is 0 Å². The van der Waals surface area contributed by atoms with Crippen molar-refractivity contribution in [2.45, 2.75) is 25.4 Å². The molecule has 1 fully saturated rings. The van der Waals surface area contributed by atoms with Gasteiger partial charge in [0.05, 0.1) is 11.8 Å². The van der Waals surface area contributed by atoms with E-state index in [1.165, 1.54) is 18.6 Å².